The van der Waals surface area contributed by atoms with Gasteiger partial charge in [0.05, 0.1) is 21.2 Å². The zero-order valence-corrected chi connectivity index (χ0v) is 15.9. The van der Waals surface area contributed by atoms with Gasteiger partial charge in [-0.25, -0.2) is 0 Å². The normalized spacial score (nSPS) is 17.9. The summed E-state index contributed by atoms with van der Waals surface area (Å²) in [6, 6.07) is 3.04. The van der Waals surface area contributed by atoms with E-state index in [4.69, 9.17) is 23.2 Å². The fourth-order valence-electron chi connectivity index (χ4n) is 3.08. The zero-order chi connectivity index (χ0) is 18.5. The molecule has 0 saturated heterocycles. The molecule has 2 aliphatic rings. The molecule has 1 heterocycles. The number of nitrogens with zero attached hydrogens (tertiary/aromatic N) is 2. The minimum absolute atomic E-state index is 0.0547. The Morgan fingerprint density at radius 1 is 1.12 bits per heavy atom. The standard InChI is InChI=1S/C18H20Cl2N2O3/c1-9(2)10(3)22(11-4-5-11)16(23)8-21-17(24)12-6-14(19)15(20)7-13(12)18(21)25/h6-7,9-11H,4-5,8H2,1-3H3. The van der Waals surface area contributed by atoms with Crippen LogP contribution in [0.15, 0.2) is 12.1 Å². The maximum Gasteiger partial charge on any atom is 0.262 e. The van der Waals surface area contributed by atoms with Crippen LogP contribution in [0, 0.1) is 5.92 Å². The Morgan fingerprint density at radius 2 is 1.60 bits per heavy atom. The van der Waals surface area contributed by atoms with Gasteiger partial charge >= 0.3 is 0 Å². The molecule has 0 radical (unpaired) electrons. The van der Waals surface area contributed by atoms with Crippen LogP contribution in [0.4, 0.5) is 0 Å². The number of hydrogen-bond donors (Lipinski definition) is 0. The second-order valence-corrected chi connectivity index (χ2v) is 7.84. The second kappa shape index (κ2) is 6.61. The maximum atomic E-state index is 12.8. The number of benzene rings is 1. The number of imide groups is 1. The molecule has 1 aromatic rings. The van der Waals surface area contributed by atoms with Crippen LogP contribution in [0.5, 0.6) is 0 Å². The molecule has 3 amide bonds. The summed E-state index contributed by atoms with van der Waals surface area (Å²) in [6.45, 7) is 5.86. The van der Waals surface area contributed by atoms with Crippen LogP contribution >= 0.6 is 23.2 Å². The van der Waals surface area contributed by atoms with Gasteiger partial charge in [-0.2, -0.15) is 0 Å². The average molecular weight is 383 g/mol. The van der Waals surface area contributed by atoms with Crippen molar-refractivity contribution in [2.75, 3.05) is 6.54 Å². The number of rotatable bonds is 5. The smallest absolute Gasteiger partial charge is 0.262 e. The molecule has 0 spiro atoms. The second-order valence-electron chi connectivity index (χ2n) is 7.03. The summed E-state index contributed by atoms with van der Waals surface area (Å²) < 4.78 is 0. The van der Waals surface area contributed by atoms with Crippen LogP contribution in [0.2, 0.25) is 10.0 Å². The molecular formula is C18H20Cl2N2O3. The van der Waals surface area contributed by atoms with Crippen molar-refractivity contribution in [1.29, 1.82) is 0 Å². The molecule has 1 fully saturated rings. The van der Waals surface area contributed by atoms with Crippen LogP contribution in [-0.4, -0.2) is 46.1 Å². The quantitative estimate of drug-likeness (QED) is 0.730. The van der Waals surface area contributed by atoms with Crippen molar-refractivity contribution in [3.63, 3.8) is 0 Å². The van der Waals surface area contributed by atoms with Crippen LogP contribution in [-0.2, 0) is 4.79 Å². The van der Waals surface area contributed by atoms with Crippen molar-refractivity contribution in [1.82, 2.24) is 9.80 Å². The molecule has 1 aromatic carbocycles. The Labute approximate surface area is 156 Å². The van der Waals surface area contributed by atoms with Gasteiger partial charge in [0.2, 0.25) is 5.91 Å². The van der Waals surface area contributed by atoms with Crippen molar-refractivity contribution in [2.45, 2.75) is 45.7 Å². The minimum atomic E-state index is -0.500. The van der Waals surface area contributed by atoms with E-state index in [1.165, 1.54) is 12.1 Å². The van der Waals surface area contributed by atoms with Gasteiger partial charge in [-0.1, -0.05) is 37.0 Å². The molecule has 1 unspecified atom stereocenters. The lowest BCUT2D eigenvalue weighted by Gasteiger charge is -2.33. The van der Waals surface area contributed by atoms with Crippen molar-refractivity contribution < 1.29 is 14.4 Å². The molecule has 0 N–H and O–H groups in total. The summed E-state index contributed by atoms with van der Waals surface area (Å²) in [5, 5.41) is 0.422. The van der Waals surface area contributed by atoms with E-state index in [2.05, 4.69) is 13.8 Å². The van der Waals surface area contributed by atoms with E-state index in [-0.39, 0.29) is 45.7 Å². The van der Waals surface area contributed by atoms with Gasteiger partial charge in [0.15, 0.2) is 0 Å². The number of amides is 3. The molecule has 1 aliphatic carbocycles. The summed E-state index contributed by atoms with van der Waals surface area (Å²) in [7, 11) is 0. The predicted octanol–water partition coefficient (Wildman–Crippen LogP) is 3.62. The van der Waals surface area contributed by atoms with Gasteiger partial charge < -0.3 is 4.90 Å². The number of carbonyl (C=O) groups excluding carboxylic acids is 3. The first kappa shape index (κ1) is 18.2. The fourth-order valence-corrected chi connectivity index (χ4v) is 3.41. The summed E-state index contributed by atoms with van der Waals surface area (Å²) in [4.78, 5) is 40.7. The lowest BCUT2D eigenvalue weighted by atomic mass is 10.0. The summed E-state index contributed by atoms with van der Waals surface area (Å²) in [5.74, 6) is -0.903. The van der Waals surface area contributed by atoms with Crippen LogP contribution in [0.25, 0.3) is 0 Å². The molecule has 1 atom stereocenters. The third-order valence-corrected chi connectivity index (χ3v) is 5.66. The Morgan fingerprint density at radius 3 is 2.00 bits per heavy atom. The highest BCUT2D eigenvalue weighted by molar-refractivity contribution is 6.43. The van der Waals surface area contributed by atoms with E-state index in [9.17, 15) is 14.4 Å². The Balaban J connectivity index is 1.82. The highest BCUT2D eigenvalue weighted by Gasteiger charge is 2.41. The van der Waals surface area contributed by atoms with Crippen molar-refractivity contribution >= 4 is 40.9 Å². The number of fused-ring (bicyclic) bond motifs is 1. The Kier molecular flexibility index (Phi) is 4.82. The molecule has 3 rings (SSSR count). The highest BCUT2D eigenvalue weighted by Crippen LogP contribution is 2.33. The first-order valence-corrected chi connectivity index (χ1v) is 9.14. The lowest BCUT2D eigenvalue weighted by molar-refractivity contribution is -0.135. The minimum Gasteiger partial charge on any atom is -0.335 e. The summed E-state index contributed by atoms with van der Waals surface area (Å²) in [6.07, 6.45) is 1.94. The summed E-state index contributed by atoms with van der Waals surface area (Å²) in [5.41, 5.74) is 0.393. The van der Waals surface area contributed by atoms with Crippen molar-refractivity contribution in [2.24, 2.45) is 5.92 Å². The van der Waals surface area contributed by atoms with Gasteiger partial charge in [-0.15, -0.1) is 0 Å². The first-order chi connectivity index (χ1) is 11.7. The maximum absolute atomic E-state index is 12.8. The monoisotopic (exact) mass is 382 g/mol. The summed E-state index contributed by atoms with van der Waals surface area (Å²) >= 11 is 11.9. The molecule has 5 nitrogen and oxygen atoms in total. The molecule has 1 saturated carbocycles. The third kappa shape index (κ3) is 3.27. The Hall–Kier alpha value is -1.59. The highest BCUT2D eigenvalue weighted by atomic mass is 35.5. The van der Waals surface area contributed by atoms with Gasteiger partial charge in [-0.05, 0) is 37.8 Å². The van der Waals surface area contributed by atoms with Gasteiger partial charge in [0.25, 0.3) is 11.8 Å². The van der Waals surface area contributed by atoms with E-state index in [1.54, 1.807) is 0 Å². The third-order valence-electron chi connectivity index (χ3n) is 4.94. The van der Waals surface area contributed by atoms with Gasteiger partial charge in [-0.3, -0.25) is 19.3 Å². The molecular weight excluding hydrogens is 363 g/mol. The van der Waals surface area contributed by atoms with E-state index < -0.39 is 11.8 Å². The molecule has 1 aliphatic heterocycles. The average Bonchev–Trinajstić information content (AvgIpc) is 3.35. The van der Waals surface area contributed by atoms with Crippen molar-refractivity contribution in [3.05, 3.63) is 33.3 Å². The van der Waals surface area contributed by atoms with Crippen LogP contribution in [0.1, 0.15) is 54.3 Å². The Bertz CT molecular complexity index is 718. The molecule has 134 valence electrons. The van der Waals surface area contributed by atoms with Crippen molar-refractivity contribution in [3.8, 4) is 0 Å². The molecule has 7 heteroatoms. The zero-order valence-electron chi connectivity index (χ0n) is 14.4. The molecule has 0 bridgehead atoms. The van der Waals surface area contributed by atoms with Gasteiger partial charge in [0.1, 0.15) is 6.54 Å². The van der Waals surface area contributed by atoms with E-state index in [1.807, 2.05) is 11.8 Å². The van der Waals surface area contributed by atoms with Crippen LogP contribution < -0.4 is 0 Å². The number of hydrogen-bond acceptors (Lipinski definition) is 3. The SMILES string of the molecule is CC(C)C(C)N(C(=O)CN1C(=O)c2cc(Cl)c(Cl)cc2C1=O)C1CC1. The van der Waals surface area contributed by atoms with E-state index >= 15 is 0 Å². The fraction of sp³-hybridized carbons (Fsp3) is 0.500. The molecule has 0 aromatic heterocycles. The van der Waals surface area contributed by atoms with Gasteiger partial charge in [0, 0.05) is 12.1 Å². The lowest BCUT2D eigenvalue weighted by Crippen LogP contribution is -2.48. The van der Waals surface area contributed by atoms with E-state index in [0.717, 1.165) is 17.7 Å². The largest absolute Gasteiger partial charge is 0.335 e. The topological polar surface area (TPSA) is 57.7 Å². The van der Waals surface area contributed by atoms with Crippen LogP contribution in [0.3, 0.4) is 0 Å². The molecule has 25 heavy (non-hydrogen) atoms. The van der Waals surface area contributed by atoms with E-state index in [0.29, 0.717) is 5.92 Å². The number of halogens is 2. The predicted molar refractivity (Wildman–Crippen MR) is 96.0 cm³/mol. The first-order valence-electron chi connectivity index (χ1n) is 8.38. The number of carbonyl (C=O) groups is 3.